The van der Waals surface area contributed by atoms with Crippen molar-refractivity contribution in [1.29, 1.82) is 0 Å². The van der Waals surface area contributed by atoms with Crippen LogP contribution in [-0.2, 0) is 25.6 Å². The molecule has 2 heterocycles. The molecule has 0 aliphatic carbocycles. The summed E-state index contributed by atoms with van der Waals surface area (Å²) < 4.78 is 40.2. The number of anilines is 1. The number of carboxylic acid groups (broad SMARTS) is 1. The number of carbonyl (C=O) groups is 3. The molecule has 2 amide bonds. The summed E-state index contributed by atoms with van der Waals surface area (Å²) in [6.45, 7) is 1.99. The molecule has 6 nitrogen and oxygen atoms in total. The van der Waals surface area contributed by atoms with Crippen molar-refractivity contribution in [3.63, 3.8) is 0 Å². The molecule has 0 bridgehead atoms. The Hall–Kier alpha value is -3.66. The van der Waals surface area contributed by atoms with Crippen molar-refractivity contribution in [3.05, 3.63) is 86.8 Å². The van der Waals surface area contributed by atoms with Crippen LogP contribution in [0.3, 0.4) is 0 Å². The fraction of sp³-hybridized carbons (Fsp3) is 0.240. The Labute approximate surface area is 203 Å². The van der Waals surface area contributed by atoms with Gasteiger partial charge in [0.2, 0.25) is 0 Å². The van der Waals surface area contributed by atoms with Crippen molar-refractivity contribution in [2.24, 2.45) is 0 Å². The van der Waals surface area contributed by atoms with Crippen LogP contribution in [-0.4, -0.2) is 34.3 Å². The number of alkyl halides is 3. The Morgan fingerprint density at radius 3 is 2.40 bits per heavy atom. The van der Waals surface area contributed by atoms with Gasteiger partial charge in [0.1, 0.15) is 5.00 Å². The first-order chi connectivity index (χ1) is 16.6. The topological polar surface area (TPSA) is 86.7 Å². The molecule has 0 fully saturated rings. The monoisotopic (exact) mass is 502 g/mol. The number of aryl methyl sites for hydroxylation is 1. The van der Waals surface area contributed by atoms with Gasteiger partial charge in [0.15, 0.2) is 0 Å². The van der Waals surface area contributed by atoms with Gasteiger partial charge >= 0.3 is 12.1 Å². The number of halogens is 3. The minimum Gasteiger partial charge on any atom is -0.478 e. The molecule has 2 aromatic carbocycles. The van der Waals surface area contributed by atoms with Crippen LogP contribution in [0.1, 0.15) is 59.6 Å². The second kappa shape index (κ2) is 9.53. The lowest BCUT2D eigenvalue weighted by atomic mass is 10.0. The summed E-state index contributed by atoms with van der Waals surface area (Å²) in [5.74, 6) is -2.47. The predicted molar refractivity (Wildman–Crippen MR) is 125 cm³/mol. The van der Waals surface area contributed by atoms with Crippen molar-refractivity contribution in [2.45, 2.75) is 32.5 Å². The second-order valence-electron chi connectivity index (χ2n) is 8.04. The molecule has 3 aromatic rings. The molecule has 0 spiro atoms. The van der Waals surface area contributed by atoms with Crippen molar-refractivity contribution >= 4 is 34.1 Å². The number of nitrogens with zero attached hydrogens (tertiary/aromatic N) is 1. The van der Waals surface area contributed by atoms with E-state index in [0.29, 0.717) is 16.0 Å². The third-order valence-corrected chi connectivity index (χ3v) is 7.00. The number of amides is 2. The van der Waals surface area contributed by atoms with E-state index in [-0.39, 0.29) is 30.1 Å². The lowest BCUT2D eigenvalue weighted by molar-refractivity contribution is -0.138. The van der Waals surface area contributed by atoms with Gasteiger partial charge in [-0.25, -0.2) is 4.79 Å². The van der Waals surface area contributed by atoms with Gasteiger partial charge in [-0.2, -0.15) is 13.2 Å². The zero-order valence-electron chi connectivity index (χ0n) is 18.6. The number of hydrogen-bond donors (Lipinski definition) is 2. The lowest BCUT2D eigenvalue weighted by Gasteiger charge is -2.28. The van der Waals surface area contributed by atoms with Gasteiger partial charge in [-0.05, 0) is 48.2 Å². The maximum Gasteiger partial charge on any atom is 0.417 e. The highest BCUT2D eigenvalue weighted by molar-refractivity contribution is 7.17. The SMILES string of the molecule is CCc1ccc(C(=O)Nc2sc3c(c2C(=O)O)CCN(C(=O)c2ccccc2C(F)(F)F)C3)cc1. The molecule has 2 N–H and O–H groups in total. The fourth-order valence-corrected chi connectivity index (χ4v) is 5.30. The maximum absolute atomic E-state index is 13.4. The van der Waals surface area contributed by atoms with Gasteiger partial charge in [-0.3, -0.25) is 9.59 Å². The van der Waals surface area contributed by atoms with Crippen molar-refractivity contribution in [2.75, 3.05) is 11.9 Å². The Morgan fingerprint density at radius 2 is 1.77 bits per heavy atom. The quantitative estimate of drug-likeness (QED) is 0.484. The average Bonchev–Trinajstić information content (AvgIpc) is 3.20. The van der Waals surface area contributed by atoms with E-state index < -0.39 is 35.1 Å². The largest absolute Gasteiger partial charge is 0.478 e. The third kappa shape index (κ3) is 4.93. The number of fused-ring (bicyclic) bond motifs is 1. The Balaban J connectivity index is 1.60. The zero-order chi connectivity index (χ0) is 25.3. The van der Waals surface area contributed by atoms with Crippen molar-refractivity contribution in [1.82, 2.24) is 4.90 Å². The number of thiophene rings is 1. The molecule has 1 aromatic heterocycles. The molecular formula is C25H21F3N2O4S. The van der Waals surface area contributed by atoms with Crippen molar-refractivity contribution < 1.29 is 32.7 Å². The summed E-state index contributed by atoms with van der Waals surface area (Å²) in [6, 6.07) is 11.5. The number of carboxylic acids is 1. The van der Waals surface area contributed by atoms with Gasteiger partial charge in [0.05, 0.1) is 23.2 Å². The molecule has 0 saturated carbocycles. The third-order valence-electron chi connectivity index (χ3n) is 5.87. The van der Waals surface area contributed by atoms with Crippen LogP contribution in [0.25, 0.3) is 0 Å². The van der Waals surface area contributed by atoms with E-state index in [1.54, 1.807) is 12.1 Å². The first-order valence-corrected chi connectivity index (χ1v) is 11.7. The molecule has 0 unspecified atom stereocenters. The molecule has 10 heteroatoms. The summed E-state index contributed by atoms with van der Waals surface area (Å²) in [5, 5.41) is 12.6. The van der Waals surface area contributed by atoms with E-state index in [4.69, 9.17) is 0 Å². The summed E-state index contributed by atoms with van der Waals surface area (Å²) in [5.41, 5.74) is 0.373. The van der Waals surface area contributed by atoms with Crippen LogP contribution in [0, 0.1) is 0 Å². The van der Waals surface area contributed by atoms with Crippen LogP contribution in [0.2, 0.25) is 0 Å². The van der Waals surface area contributed by atoms with E-state index in [0.717, 1.165) is 35.5 Å². The zero-order valence-corrected chi connectivity index (χ0v) is 19.4. The maximum atomic E-state index is 13.4. The molecule has 1 aliphatic heterocycles. The van der Waals surface area contributed by atoms with E-state index in [9.17, 15) is 32.7 Å². The van der Waals surface area contributed by atoms with Crippen LogP contribution in [0.5, 0.6) is 0 Å². The van der Waals surface area contributed by atoms with Gasteiger partial charge < -0.3 is 15.3 Å². The molecule has 0 radical (unpaired) electrons. The predicted octanol–water partition coefficient (Wildman–Crippen LogP) is 5.48. The van der Waals surface area contributed by atoms with Crippen molar-refractivity contribution in [3.8, 4) is 0 Å². The number of aromatic carboxylic acids is 1. The van der Waals surface area contributed by atoms with Gasteiger partial charge in [0, 0.05) is 17.0 Å². The minimum absolute atomic E-state index is 0.0492. The Kier molecular flexibility index (Phi) is 6.66. The average molecular weight is 503 g/mol. The molecule has 0 atom stereocenters. The molecule has 182 valence electrons. The lowest BCUT2D eigenvalue weighted by Crippen LogP contribution is -2.36. The summed E-state index contributed by atoms with van der Waals surface area (Å²) in [6.07, 6.45) is -3.72. The van der Waals surface area contributed by atoms with Crippen LogP contribution < -0.4 is 5.32 Å². The van der Waals surface area contributed by atoms with E-state index >= 15 is 0 Å². The molecular weight excluding hydrogens is 481 g/mol. The summed E-state index contributed by atoms with van der Waals surface area (Å²) in [7, 11) is 0. The van der Waals surface area contributed by atoms with E-state index in [2.05, 4.69) is 5.32 Å². The van der Waals surface area contributed by atoms with Gasteiger partial charge in [-0.15, -0.1) is 11.3 Å². The van der Waals surface area contributed by atoms with Crippen LogP contribution in [0.4, 0.5) is 18.2 Å². The fourth-order valence-electron chi connectivity index (χ4n) is 4.05. The second-order valence-corrected chi connectivity index (χ2v) is 9.14. The standard InChI is InChI=1S/C25H21F3N2O4S/c1-2-14-7-9-15(10-8-14)21(31)29-22-20(24(33)34)17-11-12-30(13-19(17)35-22)23(32)16-5-3-4-6-18(16)25(26,27)28/h3-10H,2,11-13H2,1H3,(H,29,31)(H,33,34). The smallest absolute Gasteiger partial charge is 0.417 e. The van der Waals surface area contributed by atoms with Gasteiger partial charge in [0.25, 0.3) is 11.8 Å². The highest BCUT2D eigenvalue weighted by atomic mass is 32.1. The summed E-state index contributed by atoms with van der Waals surface area (Å²) >= 11 is 1.02. The van der Waals surface area contributed by atoms with E-state index in [1.165, 1.54) is 17.0 Å². The Morgan fingerprint density at radius 1 is 1.09 bits per heavy atom. The first-order valence-electron chi connectivity index (χ1n) is 10.8. The highest BCUT2D eigenvalue weighted by Gasteiger charge is 2.37. The normalized spacial score (nSPS) is 13.3. The number of nitrogens with one attached hydrogen (secondary N) is 1. The van der Waals surface area contributed by atoms with Crippen LogP contribution >= 0.6 is 11.3 Å². The number of benzene rings is 2. The highest BCUT2D eigenvalue weighted by Crippen LogP contribution is 2.39. The number of carbonyl (C=O) groups excluding carboxylic acids is 2. The van der Waals surface area contributed by atoms with E-state index in [1.807, 2.05) is 19.1 Å². The van der Waals surface area contributed by atoms with Gasteiger partial charge in [-0.1, -0.05) is 31.2 Å². The molecule has 0 saturated heterocycles. The number of rotatable bonds is 5. The summed E-state index contributed by atoms with van der Waals surface area (Å²) in [4.78, 5) is 39.5. The number of hydrogen-bond acceptors (Lipinski definition) is 4. The minimum atomic E-state index is -4.68. The molecule has 1 aliphatic rings. The Bertz CT molecular complexity index is 1300. The molecule has 4 rings (SSSR count). The van der Waals surface area contributed by atoms with Crippen LogP contribution in [0.15, 0.2) is 48.5 Å². The molecule has 35 heavy (non-hydrogen) atoms. The first kappa shape index (κ1) is 24.5.